The van der Waals surface area contributed by atoms with Crippen LogP contribution in [-0.2, 0) is 16.1 Å². The highest BCUT2D eigenvalue weighted by Gasteiger charge is 2.44. The molecule has 2 heteroatoms. The van der Waals surface area contributed by atoms with E-state index in [1.807, 2.05) is 13.2 Å². The molecule has 122 valence electrons. The summed E-state index contributed by atoms with van der Waals surface area (Å²) in [5, 5.41) is 0. The zero-order valence-corrected chi connectivity index (χ0v) is 14.5. The van der Waals surface area contributed by atoms with E-state index in [4.69, 9.17) is 9.47 Å². The Labute approximate surface area is 135 Å². The molecule has 1 aromatic carbocycles. The molecule has 1 aromatic rings. The van der Waals surface area contributed by atoms with Gasteiger partial charge in [0, 0.05) is 13.0 Å². The molecule has 2 rings (SSSR count). The van der Waals surface area contributed by atoms with Crippen LogP contribution in [0.2, 0.25) is 0 Å². The monoisotopic (exact) mass is 302 g/mol. The number of benzene rings is 1. The molecule has 0 saturated heterocycles. The number of methoxy groups -OCH3 is 1. The lowest BCUT2D eigenvalue weighted by Crippen LogP contribution is -2.47. The van der Waals surface area contributed by atoms with Crippen molar-refractivity contribution in [1.82, 2.24) is 0 Å². The van der Waals surface area contributed by atoms with Crippen LogP contribution in [-0.4, -0.2) is 19.8 Å². The topological polar surface area (TPSA) is 18.5 Å². The maximum atomic E-state index is 6.04. The van der Waals surface area contributed by atoms with E-state index >= 15 is 0 Å². The summed E-state index contributed by atoms with van der Waals surface area (Å²) < 4.78 is 11.9. The molecular weight excluding hydrogens is 272 g/mol. The van der Waals surface area contributed by atoms with Crippen molar-refractivity contribution in [2.45, 2.75) is 46.3 Å². The van der Waals surface area contributed by atoms with Gasteiger partial charge in [0.05, 0.1) is 19.3 Å². The van der Waals surface area contributed by atoms with Gasteiger partial charge < -0.3 is 9.47 Å². The van der Waals surface area contributed by atoms with Crippen molar-refractivity contribution < 1.29 is 9.47 Å². The molecule has 0 radical (unpaired) electrons. The predicted octanol–water partition coefficient (Wildman–Crippen LogP) is 4.85. The van der Waals surface area contributed by atoms with E-state index in [-0.39, 0.29) is 11.5 Å². The summed E-state index contributed by atoms with van der Waals surface area (Å²) in [4.78, 5) is 0. The molecule has 0 N–H and O–H groups in total. The Bertz CT molecular complexity index is 478. The second-order valence-corrected chi connectivity index (χ2v) is 7.30. The molecule has 0 unspecified atom stereocenters. The Morgan fingerprint density at radius 2 is 1.95 bits per heavy atom. The van der Waals surface area contributed by atoms with Gasteiger partial charge in [-0.3, -0.25) is 0 Å². The maximum Gasteiger partial charge on any atom is 0.0717 e. The van der Waals surface area contributed by atoms with Crippen molar-refractivity contribution in [2.75, 3.05) is 13.7 Å². The molecule has 1 aliphatic carbocycles. The molecule has 1 aliphatic rings. The third-order valence-electron chi connectivity index (χ3n) is 5.08. The second kappa shape index (κ2) is 7.43. The summed E-state index contributed by atoms with van der Waals surface area (Å²) in [7, 11) is 1.83. The average molecular weight is 302 g/mol. The minimum atomic E-state index is 0.196. The van der Waals surface area contributed by atoms with Gasteiger partial charge in [-0.2, -0.15) is 0 Å². The van der Waals surface area contributed by atoms with Crippen LogP contribution in [0.15, 0.2) is 42.5 Å². The van der Waals surface area contributed by atoms with Gasteiger partial charge in [-0.15, -0.1) is 0 Å². The lowest BCUT2D eigenvalue weighted by atomic mass is 9.63. The molecule has 0 spiro atoms. The van der Waals surface area contributed by atoms with Crippen LogP contribution in [0, 0.1) is 17.3 Å². The SMILES string of the molecule is C=C(C)[C@@H]1CCC(C)(C)[C@H](OC)[C@@H]1COCc1ccccc1. The van der Waals surface area contributed by atoms with Crippen LogP contribution < -0.4 is 0 Å². The normalized spacial score (nSPS) is 27.5. The molecule has 0 aliphatic heterocycles. The van der Waals surface area contributed by atoms with Gasteiger partial charge in [0.1, 0.15) is 0 Å². The average Bonchev–Trinajstić information content (AvgIpc) is 2.47. The van der Waals surface area contributed by atoms with Crippen molar-refractivity contribution in [3.05, 3.63) is 48.0 Å². The fourth-order valence-corrected chi connectivity index (χ4v) is 3.87. The summed E-state index contributed by atoms with van der Waals surface area (Å²) in [5.41, 5.74) is 2.67. The van der Waals surface area contributed by atoms with Crippen molar-refractivity contribution in [2.24, 2.45) is 17.3 Å². The van der Waals surface area contributed by atoms with Crippen LogP contribution in [0.25, 0.3) is 0 Å². The highest BCUT2D eigenvalue weighted by atomic mass is 16.5. The molecule has 0 heterocycles. The van der Waals surface area contributed by atoms with Gasteiger partial charge in [-0.25, -0.2) is 0 Å². The van der Waals surface area contributed by atoms with Crippen LogP contribution in [0.1, 0.15) is 39.2 Å². The zero-order valence-electron chi connectivity index (χ0n) is 14.5. The van der Waals surface area contributed by atoms with Crippen LogP contribution in [0.4, 0.5) is 0 Å². The Morgan fingerprint density at radius 3 is 2.55 bits per heavy atom. The van der Waals surface area contributed by atoms with Gasteiger partial charge in [-0.05, 0) is 36.7 Å². The van der Waals surface area contributed by atoms with E-state index in [1.165, 1.54) is 24.0 Å². The number of ether oxygens (including phenoxy) is 2. The first-order chi connectivity index (χ1) is 10.5. The van der Waals surface area contributed by atoms with Crippen molar-refractivity contribution in [1.29, 1.82) is 0 Å². The molecule has 0 bridgehead atoms. The zero-order chi connectivity index (χ0) is 16.2. The first kappa shape index (κ1) is 17.2. The number of hydrogen-bond acceptors (Lipinski definition) is 2. The molecule has 1 fully saturated rings. The number of allylic oxidation sites excluding steroid dienone is 1. The maximum absolute atomic E-state index is 6.04. The van der Waals surface area contributed by atoms with Crippen LogP contribution in [0.3, 0.4) is 0 Å². The van der Waals surface area contributed by atoms with E-state index < -0.39 is 0 Å². The van der Waals surface area contributed by atoms with Gasteiger partial charge in [0.2, 0.25) is 0 Å². The molecular formula is C20H30O2. The Hall–Kier alpha value is -1.12. The van der Waals surface area contributed by atoms with Crippen molar-refractivity contribution in [3.8, 4) is 0 Å². The van der Waals surface area contributed by atoms with E-state index in [0.29, 0.717) is 18.4 Å². The Kier molecular flexibility index (Phi) is 5.82. The van der Waals surface area contributed by atoms with Gasteiger partial charge in [-0.1, -0.05) is 56.3 Å². The largest absolute Gasteiger partial charge is 0.381 e. The summed E-state index contributed by atoms with van der Waals surface area (Å²) in [6, 6.07) is 10.4. The Balaban J connectivity index is 2.03. The second-order valence-electron chi connectivity index (χ2n) is 7.30. The van der Waals surface area contributed by atoms with E-state index in [1.54, 1.807) is 0 Å². The van der Waals surface area contributed by atoms with Crippen LogP contribution in [0.5, 0.6) is 0 Å². The fraction of sp³-hybridized carbons (Fsp3) is 0.600. The summed E-state index contributed by atoms with van der Waals surface area (Å²) in [6.07, 6.45) is 2.58. The first-order valence-electron chi connectivity index (χ1n) is 8.25. The molecule has 1 saturated carbocycles. The fourth-order valence-electron chi connectivity index (χ4n) is 3.87. The summed E-state index contributed by atoms with van der Waals surface area (Å²) in [6.45, 7) is 12.3. The molecule has 0 aromatic heterocycles. The Morgan fingerprint density at radius 1 is 1.27 bits per heavy atom. The lowest BCUT2D eigenvalue weighted by Gasteiger charge is -2.47. The minimum absolute atomic E-state index is 0.196. The standard InChI is InChI=1S/C20H30O2/c1-15(2)17-11-12-20(3,4)19(21-5)18(17)14-22-13-16-9-7-6-8-10-16/h6-10,17-19H,1,11-14H2,2-5H3/t17-,18+,19+/m0/s1. The molecule has 0 amide bonds. The molecule has 22 heavy (non-hydrogen) atoms. The number of rotatable bonds is 6. The van der Waals surface area contributed by atoms with Crippen LogP contribution >= 0.6 is 0 Å². The number of hydrogen-bond donors (Lipinski definition) is 0. The highest BCUT2D eigenvalue weighted by molar-refractivity contribution is 5.13. The molecule has 3 atom stereocenters. The quantitative estimate of drug-likeness (QED) is 0.700. The first-order valence-corrected chi connectivity index (χ1v) is 8.25. The lowest BCUT2D eigenvalue weighted by molar-refractivity contribution is -0.104. The smallest absolute Gasteiger partial charge is 0.0717 e. The van der Waals surface area contributed by atoms with Gasteiger partial charge >= 0.3 is 0 Å². The predicted molar refractivity (Wildman–Crippen MR) is 91.7 cm³/mol. The third-order valence-corrected chi connectivity index (χ3v) is 5.08. The van der Waals surface area contributed by atoms with E-state index in [0.717, 1.165) is 6.61 Å². The minimum Gasteiger partial charge on any atom is -0.381 e. The van der Waals surface area contributed by atoms with Crippen molar-refractivity contribution >= 4 is 0 Å². The third kappa shape index (κ3) is 3.99. The summed E-state index contributed by atoms with van der Waals surface area (Å²) in [5.74, 6) is 0.878. The molecule has 2 nitrogen and oxygen atoms in total. The van der Waals surface area contributed by atoms with Gasteiger partial charge in [0.15, 0.2) is 0 Å². The summed E-state index contributed by atoms with van der Waals surface area (Å²) >= 11 is 0. The van der Waals surface area contributed by atoms with E-state index in [2.05, 4.69) is 51.6 Å². The van der Waals surface area contributed by atoms with Gasteiger partial charge in [0.25, 0.3) is 0 Å². The van der Waals surface area contributed by atoms with Crippen molar-refractivity contribution in [3.63, 3.8) is 0 Å². The van der Waals surface area contributed by atoms with E-state index in [9.17, 15) is 0 Å². The highest BCUT2D eigenvalue weighted by Crippen LogP contribution is 2.45.